The average molecular weight is 397 g/mol. The number of thiol groups is 1. The van der Waals surface area contributed by atoms with Crippen LogP contribution in [0.2, 0.25) is 0 Å². The second-order valence-electron chi connectivity index (χ2n) is 4.84. The number of aliphatic hydroxyl groups is 1. The predicted octanol–water partition coefficient (Wildman–Crippen LogP) is 2.74. The molecule has 6 nitrogen and oxygen atoms in total. The molecule has 0 spiro atoms. The van der Waals surface area contributed by atoms with Gasteiger partial charge in [-0.15, -0.1) is 24.4 Å². The Balaban J connectivity index is 0.00000194. The van der Waals surface area contributed by atoms with Gasteiger partial charge in [-0.25, -0.2) is 4.99 Å². The Morgan fingerprint density at radius 2 is 2.00 bits per heavy atom. The summed E-state index contributed by atoms with van der Waals surface area (Å²) < 4.78 is 0. The van der Waals surface area contributed by atoms with E-state index in [2.05, 4.69) is 28.3 Å². The van der Waals surface area contributed by atoms with E-state index in [-0.39, 0.29) is 6.61 Å². The smallest absolute Gasteiger partial charge is 0.116 e. The number of aliphatic hydroxyl groups excluding tert-OH is 1. The van der Waals surface area contributed by atoms with Crippen LogP contribution in [0.25, 0.3) is 0 Å². The summed E-state index contributed by atoms with van der Waals surface area (Å²) in [5.74, 6) is 0.467. The predicted molar refractivity (Wildman–Crippen MR) is 117 cm³/mol. The molecule has 1 aromatic carbocycles. The lowest BCUT2D eigenvalue weighted by Crippen LogP contribution is -2.07. The lowest BCUT2D eigenvalue weighted by atomic mass is 10.1. The standard InChI is InChI=1S/C16H24N4OS2.C2H4O/c1-12(18-2)16(23-10-17)15(9-22)20-11-19-14-5-3-13(4-6-14)7-8-21;1-2-3/h3-6,9,11,18,21-22H,7-8,10,17H2,1-2H3,(H,19,20);2H,1H3/b15-9-,16-12-;. The van der Waals surface area contributed by atoms with Gasteiger partial charge >= 0.3 is 0 Å². The van der Waals surface area contributed by atoms with Gasteiger partial charge in [0.15, 0.2) is 0 Å². The molecule has 0 atom stereocenters. The third-order valence-corrected chi connectivity index (χ3v) is 4.30. The number of aliphatic imine (C=N–C) groups is 1. The number of rotatable bonds is 9. The summed E-state index contributed by atoms with van der Waals surface area (Å²) in [6.45, 7) is 3.57. The number of aldehydes is 1. The van der Waals surface area contributed by atoms with Gasteiger partial charge in [-0.05, 0) is 43.4 Å². The topological polar surface area (TPSA) is 99.7 Å². The van der Waals surface area contributed by atoms with E-state index in [0.29, 0.717) is 12.3 Å². The molecule has 1 rings (SSSR count). The first-order chi connectivity index (χ1) is 12.6. The van der Waals surface area contributed by atoms with Gasteiger partial charge in [0.05, 0.1) is 16.9 Å². The Kier molecular flexibility index (Phi) is 14.5. The van der Waals surface area contributed by atoms with Gasteiger partial charge in [-0.1, -0.05) is 12.1 Å². The molecule has 8 heteroatoms. The van der Waals surface area contributed by atoms with Crippen molar-refractivity contribution >= 4 is 42.7 Å². The van der Waals surface area contributed by atoms with Gasteiger partial charge in [-0.2, -0.15) is 0 Å². The summed E-state index contributed by atoms with van der Waals surface area (Å²) in [5, 5.41) is 16.8. The minimum absolute atomic E-state index is 0.156. The number of carbonyl (C=O) groups is 1. The van der Waals surface area contributed by atoms with Crippen LogP contribution in [0.15, 0.2) is 51.0 Å². The van der Waals surface area contributed by atoms with Gasteiger partial charge in [0.25, 0.3) is 0 Å². The van der Waals surface area contributed by atoms with Gasteiger partial charge in [0.2, 0.25) is 0 Å². The van der Waals surface area contributed by atoms with Crippen molar-refractivity contribution in [2.24, 2.45) is 10.7 Å². The fourth-order valence-corrected chi connectivity index (χ4v) is 2.82. The van der Waals surface area contributed by atoms with Gasteiger partial charge < -0.3 is 26.3 Å². The molecule has 0 aliphatic carbocycles. The first-order valence-corrected chi connectivity index (χ1v) is 9.52. The van der Waals surface area contributed by atoms with Gasteiger partial charge in [-0.3, -0.25) is 0 Å². The van der Waals surface area contributed by atoms with Crippen LogP contribution in [0, 0.1) is 0 Å². The third kappa shape index (κ3) is 9.67. The SMILES string of the molecule is CC=O.CN/C(C)=C(SCN)/C(=C/S)N=CNc1ccc(CCO)cc1. The first kappa shape index (κ1) is 24.3. The van der Waals surface area contributed by atoms with E-state index in [4.69, 9.17) is 15.6 Å². The molecule has 144 valence electrons. The minimum Gasteiger partial charge on any atom is -0.396 e. The first-order valence-electron chi connectivity index (χ1n) is 8.02. The second kappa shape index (κ2) is 15.5. The highest BCUT2D eigenvalue weighted by Gasteiger charge is 2.07. The van der Waals surface area contributed by atoms with Crippen molar-refractivity contribution in [1.82, 2.24) is 5.32 Å². The van der Waals surface area contributed by atoms with Crippen molar-refractivity contribution in [3.8, 4) is 0 Å². The highest BCUT2D eigenvalue weighted by atomic mass is 32.2. The monoisotopic (exact) mass is 396 g/mol. The average Bonchev–Trinajstić information content (AvgIpc) is 2.65. The van der Waals surface area contributed by atoms with E-state index in [1.807, 2.05) is 38.2 Å². The zero-order valence-corrected chi connectivity index (χ0v) is 17.1. The molecule has 0 saturated carbocycles. The quantitative estimate of drug-likeness (QED) is 0.110. The molecule has 0 aliphatic heterocycles. The molecule has 0 aliphatic rings. The molecule has 0 unspecified atom stereocenters. The maximum atomic E-state index is 8.91. The molecule has 0 heterocycles. The van der Waals surface area contributed by atoms with Crippen molar-refractivity contribution in [1.29, 1.82) is 0 Å². The van der Waals surface area contributed by atoms with E-state index < -0.39 is 0 Å². The van der Waals surface area contributed by atoms with Crippen LogP contribution < -0.4 is 16.4 Å². The van der Waals surface area contributed by atoms with E-state index in [9.17, 15) is 0 Å². The summed E-state index contributed by atoms with van der Waals surface area (Å²) in [5.41, 5.74) is 9.39. The number of thioether (sulfide) groups is 1. The number of allylic oxidation sites excluding steroid dienone is 1. The molecule has 0 radical (unpaired) electrons. The number of nitrogens with two attached hydrogens (primary N) is 1. The molecule has 0 saturated heterocycles. The summed E-state index contributed by atoms with van der Waals surface area (Å²) in [6, 6.07) is 7.85. The Labute approximate surface area is 165 Å². The second-order valence-corrected chi connectivity index (χ2v) is 6.13. The van der Waals surface area contributed by atoms with Crippen LogP contribution in [0.3, 0.4) is 0 Å². The Morgan fingerprint density at radius 3 is 2.46 bits per heavy atom. The molecular formula is C18H28N4O2S2. The number of nitrogens with zero attached hydrogens (tertiary/aromatic N) is 1. The fraction of sp³-hybridized carbons (Fsp3) is 0.333. The Morgan fingerprint density at radius 1 is 1.38 bits per heavy atom. The Bertz CT molecular complexity index is 614. The summed E-state index contributed by atoms with van der Waals surface area (Å²) in [7, 11) is 1.86. The van der Waals surface area contributed by atoms with E-state index in [0.717, 1.165) is 33.8 Å². The zero-order chi connectivity index (χ0) is 19.8. The van der Waals surface area contributed by atoms with Crippen molar-refractivity contribution < 1.29 is 9.90 Å². The maximum absolute atomic E-state index is 8.91. The van der Waals surface area contributed by atoms with Gasteiger partial charge in [0.1, 0.15) is 6.29 Å². The molecule has 26 heavy (non-hydrogen) atoms. The number of hydrogen-bond acceptors (Lipinski definition) is 7. The van der Waals surface area contributed by atoms with Crippen molar-refractivity contribution in [2.45, 2.75) is 20.3 Å². The fourth-order valence-electron chi connectivity index (χ4n) is 1.79. The molecule has 1 aromatic rings. The minimum atomic E-state index is 0.156. The summed E-state index contributed by atoms with van der Waals surface area (Å²) >= 11 is 5.74. The van der Waals surface area contributed by atoms with Crippen LogP contribution in [-0.4, -0.2) is 37.3 Å². The highest BCUT2D eigenvalue weighted by Crippen LogP contribution is 2.26. The number of benzene rings is 1. The van der Waals surface area contributed by atoms with Crippen molar-refractivity contribution in [2.75, 3.05) is 24.8 Å². The molecule has 0 bridgehead atoms. The molecule has 5 N–H and O–H groups in total. The van der Waals surface area contributed by atoms with Crippen molar-refractivity contribution in [3.63, 3.8) is 0 Å². The Hall–Kier alpha value is -1.74. The summed E-state index contributed by atoms with van der Waals surface area (Å²) in [4.78, 5) is 14.2. The lowest BCUT2D eigenvalue weighted by Gasteiger charge is -2.11. The number of hydrogen-bond donors (Lipinski definition) is 5. The van der Waals surface area contributed by atoms with Crippen LogP contribution in [0.5, 0.6) is 0 Å². The lowest BCUT2D eigenvalue weighted by molar-refractivity contribution is -0.106. The summed E-state index contributed by atoms with van der Waals surface area (Å²) in [6.07, 6.45) is 3.04. The van der Waals surface area contributed by atoms with Gasteiger partial charge in [0, 0.05) is 30.9 Å². The number of anilines is 1. The van der Waals surface area contributed by atoms with Crippen molar-refractivity contribution in [3.05, 3.63) is 51.5 Å². The van der Waals surface area contributed by atoms with E-state index in [1.165, 1.54) is 18.7 Å². The third-order valence-electron chi connectivity index (χ3n) is 3.09. The van der Waals surface area contributed by atoms with E-state index in [1.54, 1.807) is 11.7 Å². The number of carbonyl (C=O) groups excluding carboxylic acids is 1. The van der Waals surface area contributed by atoms with E-state index >= 15 is 0 Å². The molecule has 0 fully saturated rings. The van der Waals surface area contributed by atoms with Crippen LogP contribution in [0.4, 0.5) is 5.69 Å². The molecular weight excluding hydrogens is 368 g/mol. The molecule has 0 amide bonds. The van der Waals surface area contributed by atoms with Crippen LogP contribution in [-0.2, 0) is 11.2 Å². The molecule has 0 aromatic heterocycles. The zero-order valence-electron chi connectivity index (χ0n) is 15.4. The van der Waals surface area contributed by atoms with Crippen LogP contribution in [0.1, 0.15) is 19.4 Å². The number of nitrogens with one attached hydrogen (secondary N) is 2. The highest BCUT2D eigenvalue weighted by molar-refractivity contribution is 8.03. The maximum Gasteiger partial charge on any atom is 0.116 e. The van der Waals surface area contributed by atoms with Crippen LogP contribution >= 0.6 is 24.4 Å². The normalized spacial score (nSPS) is 12.2. The largest absolute Gasteiger partial charge is 0.396 e.